The van der Waals surface area contributed by atoms with Crippen LogP contribution in [-0.4, -0.2) is 79.2 Å². The molecule has 1 amide bonds. The molecule has 2 N–H and O–H groups in total. The second-order valence-corrected chi connectivity index (χ2v) is 7.56. The molecule has 0 atom stereocenters. The van der Waals surface area contributed by atoms with E-state index in [1.807, 2.05) is 24.3 Å². The van der Waals surface area contributed by atoms with E-state index in [4.69, 9.17) is 10.6 Å². The van der Waals surface area contributed by atoms with Gasteiger partial charge in [-0.05, 0) is 50.3 Å². The maximum atomic E-state index is 11.6. The number of allylic oxidation sites excluding steroid dienone is 2. The molecule has 1 saturated heterocycles. The predicted molar refractivity (Wildman–Crippen MR) is 118 cm³/mol. The molecule has 158 valence electrons. The van der Waals surface area contributed by atoms with Crippen molar-refractivity contribution in [3.63, 3.8) is 0 Å². The largest absolute Gasteiger partial charge is 0.484 e. The second kappa shape index (κ2) is 10.7. The Kier molecular flexibility index (Phi) is 8.27. The summed E-state index contributed by atoms with van der Waals surface area (Å²) in [5.74, 6) is 6.13. The summed E-state index contributed by atoms with van der Waals surface area (Å²) in [5, 5.41) is 3.90. The fourth-order valence-corrected chi connectivity index (χ4v) is 3.02. The van der Waals surface area contributed by atoms with Crippen LogP contribution in [0.4, 0.5) is 0 Å². The lowest BCUT2D eigenvalue weighted by molar-refractivity contribution is -0.130. The summed E-state index contributed by atoms with van der Waals surface area (Å²) in [4.78, 5) is 17.9. The SMILES string of the molecule is C=C(/C=C\C(=N/N)c1ccc(OCC(=O)N(C)C)cc1)N1CCN(C(C)C)CC1. The number of hydrogen-bond acceptors (Lipinski definition) is 6. The zero-order valence-electron chi connectivity index (χ0n) is 18.0. The highest BCUT2D eigenvalue weighted by molar-refractivity contribution is 6.08. The standard InChI is InChI=1S/C22H33N5O2/c1-17(2)26-12-14-27(15-13-26)18(3)6-11-21(24-23)19-7-9-20(10-8-19)29-16-22(28)25(4)5/h6-11,17H,3,12-16,23H2,1-2,4-5H3/b11-6-,24-21+. The Balaban J connectivity index is 1.92. The first kappa shape index (κ1) is 22.5. The number of hydrogen-bond donors (Lipinski definition) is 1. The quantitative estimate of drug-likeness (QED) is 0.313. The minimum absolute atomic E-state index is 0.00792. The van der Waals surface area contributed by atoms with Gasteiger partial charge in [0, 0.05) is 57.6 Å². The van der Waals surface area contributed by atoms with E-state index in [1.54, 1.807) is 26.2 Å². The molecule has 0 unspecified atom stereocenters. The molecule has 1 aliphatic rings. The Bertz CT molecular complexity index is 745. The van der Waals surface area contributed by atoms with Crippen LogP contribution in [0.2, 0.25) is 0 Å². The number of benzene rings is 1. The number of rotatable bonds is 8. The molecule has 0 bridgehead atoms. The highest BCUT2D eigenvalue weighted by Crippen LogP contribution is 2.15. The lowest BCUT2D eigenvalue weighted by Crippen LogP contribution is -2.48. The van der Waals surface area contributed by atoms with E-state index >= 15 is 0 Å². The number of ether oxygens (including phenoxy) is 1. The lowest BCUT2D eigenvalue weighted by Gasteiger charge is -2.38. The van der Waals surface area contributed by atoms with Crippen molar-refractivity contribution >= 4 is 11.6 Å². The van der Waals surface area contributed by atoms with Crippen LogP contribution >= 0.6 is 0 Å². The lowest BCUT2D eigenvalue weighted by atomic mass is 10.1. The summed E-state index contributed by atoms with van der Waals surface area (Å²) < 4.78 is 5.50. The van der Waals surface area contributed by atoms with E-state index in [-0.39, 0.29) is 12.5 Å². The van der Waals surface area contributed by atoms with Crippen molar-refractivity contribution in [1.29, 1.82) is 0 Å². The molecule has 1 aromatic carbocycles. The highest BCUT2D eigenvalue weighted by atomic mass is 16.5. The maximum Gasteiger partial charge on any atom is 0.259 e. The summed E-state index contributed by atoms with van der Waals surface area (Å²) in [7, 11) is 3.40. The first-order valence-corrected chi connectivity index (χ1v) is 9.89. The molecule has 7 nitrogen and oxygen atoms in total. The zero-order chi connectivity index (χ0) is 21.4. The van der Waals surface area contributed by atoms with Gasteiger partial charge in [0.05, 0.1) is 5.71 Å². The highest BCUT2D eigenvalue weighted by Gasteiger charge is 2.18. The third-order valence-corrected chi connectivity index (χ3v) is 5.03. The van der Waals surface area contributed by atoms with Gasteiger partial charge in [0.2, 0.25) is 0 Å². The summed E-state index contributed by atoms with van der Waals surface area (Å²) >= 11 is 0. The van der Waals surface area contributed by atoms with E-state index in [9.17, 15) is 4.79 Å². The van der Waals surface area contributed by atoms with Crippen molar-refractivity contribution in [3.8, 4) is 5.75 Å². The number of likely N-dealkylation sites (N-methyl/N-ethyl adjacent to an activating group) is 1. The fraction of sp³-hybridized carbons (Fsp3) is 0.455. The molecule has 1 aromatic rings. The van der Waals surface area contributed by atoms with Crippen LogP contribution in [0.3, 0.4) is 0 Å². The van der Waals surface area contributed by atoms with E-state index in [0.717, 1.165) is 37.4 Å². The van der Waals surface area contributed by atoms with Gasteiger partial charge in [0.1, 0.15) is 5.75 Å². The third kappa shape index (κ3) is 6.64. The van der Waals surface area contributed by atoms with Gasteiger partial charge >= 0.3 is 0 Å². The molecule has 0 radical (unpaired) electrons. The average molecular weight is 400 g/mol. The Morgan fingerprint density at radius 2 is 1.83 bits per heavy atom. The Morgan fingerprint density at radius 1 is 1.21 bits per heavy atom. The number of nitrogens with zero attached hydrogens (tertiary/aromatic N) is 4. The third-order valence-electron chi connectivity index (χ3n) is 5.03. The van der Waals surface area contributed by atoms with Gasteiger partial charge in [-0.25, -0.2) is 0 Å². The smallest absolute Gasteiger partial charge is 0.259 e. The van der Waals surface area contributed by atoms with Crippen LogP contribution in [0, 0.1) is 0 Å². The summed E-state index contributed by atoms with van der Waals surface area (Å²) in [6, 6.07) is 7.92. The molecule has 0 saturated carbocycles. The van der Waals surface area contributed by atoms with Gasteiger partial charge in [-0.2, -0.15) is 5.10 Å². The molecule has 7 heteroatoms. The Hall–Kier alpha value is -2.80. The van der Waals surface area contributed by atoms with Crippen molar-refractivity contribution in [2.24, 2.45) is 10.9 Å². The molecule has 2 rings (SSSR count). The van der Waals surface area contributed by atoms with Gasteiger partial charge in [-0.3, -0.25) is 9.69 Å². The summed E-state index contributed by atoms with van der Waals surface area (Å²) in [6.07, 6.45) is 3.83. The first-order valence-electron chi connectivity index (χ1n) is 9.89. The van der Waals surface area contributed by atoms with Gasteiger partial charge in [-0.15, -0.1) is 0 Å². The van der Waals surface area contributed by atoms with Crippen LogP contribution in [-0.2, 0) is 4.79 Å². The number of hydrazone groups is 1. The van der Waals surface area contributed by atoms with Crippen LogP contribution in [0.1, 0.15) is 19.4 Å². The fourth-order valence-electron chi connectivity index (χ4n) is 3.02. The number of carbonyl (C=O) groups is 1. The minimum atomic E-state index is -0.0889. The second-order valence-electron chi connectivity index (χ2n) is 7.56. The topological polar surface area (TPSA) is 74.4 Å². The molecular formula is C22H33N5O2. The molecule has 29 heavy (non-hydrogen) atoms. The molecule has 1 heterocycles. The van der Waals surface area contributed by atoms with Crippen molar-refractivity contribution in [3.05, 3.63) is 54.3 Å². The Labute approximate surface area is 174 Å². The van der Waals surface area contributed by atoms with Gasteiger partial charge in [0.15, 0.2) is 6.61 Å². The monoisotopic (exact) mass is 399 g/mol. The molecule has 0 aliphatic carbocycles. The average Bonchev–Trinajstić information content (AvgIpc) is 2.73. The van der Waals surface area contributed by atoms with Gasteiger partial charge < -0.3 is 20.4 Å². The Morgan fingerprint density at radius 3 is 2.34 bits per heavy atom. The van der Waals surface area contributed by atoms with Crippen LogP contribution < -0.4 is 10.6 Å². The van der Waals surface area contributed by atoms with E-state index < -0.39 is 0 Å². The number of amides is 1. The summed E-state index contributed by atoms with van der Waals surface area (Å²) in [6.45, 7) is 12.7. The molecule has 0 aromatic heterocycles. The minimum Gasteiger partial charge on any atom is -0.484 e. The van der Waals surface area contributed by atoms with Crippen LogP contribution in [0.25, 0.3) is 0 Å². The molecule has 1 aliphatic heterocycles. The van der Waals surface area contributed by atoms with Crippen LogP contribution in [0.15, 0.2) is 53.8 Å². The van der Waals surface area contributed by atoms with Crippen molar-refractivity contribution < 1.29 is 9.53 Å². The van der Waals surface area contributed by atoms with E-state index in [1.165, 1.54) is 4.90 Å². The number of carbonyl (C=O) groups excluding carboxylic acids is 1. The molecular weight excluding hydrogens is 366 g/mol. The van der Waals surface area contributed by atoms with Gasteiger partial charge in [0.25, 0.3) is 5.91 Å². The van der Waals surface area contributed by atoms with Crippen molar-refractivity contribution in [2.45, 2.75) is 19.9 Å². The predicted octanol–water partition coefficient (Wildman–Crippen LogP) is 1.91. The first-order chi connectivity index (χ1) is 13.8. The molecule has 1 fully saturated rings. The van der Waals surface area contributed by atoms with Crippen molar-refractivity contribution in [2.75, 3.05) is 46.9 Å². The van der Waals surface area contributed by atoms with Gasteiger partial charge in [-0.1, -0.05) is 6.58 Å². The van der Waals surface area contributed by atoms with E-state index in [0.29, 0.717) is 17.5 Å². The number of piperazine rings is 1. The van der Waals surface area contributed by atoms with Crippen molar-refractivity contribution in [1.82, 2.24) is 14.7 Å². The van der Waals surface area contributed by atoms with Crippen LogP contribution in [0.5, 0.6) is 5.75 Å². The molecule has 0 spiro atoms. The maximum absolute atomic E-state index is 11.6. The number of nitrogens with two attached hydrogens (primary N) is 1. The van der Waals surface area contributed by atoms with E-state index in [2.05, 4.69) is 35.3 Å². The zero-order valence-corrected chi connectivity index (χ0v) is 18.0. The normalized spacial score (nSPS) is 15.8. The summed E-state index contributed by atoms with van der Waals surface area (Å²) in [5.41, 5.74) is 2.48.